The van der Waals surface area contributed by atoms with Gasteiger partial charge >= 0.3 is 0 Å². The first kappa shape index (κ1) is 16.0. The van der Waals surface area contributed by atoms with E-state index in [-0.39, 0.29) is 21.5 Å². The molecule has 0 heterocycles. The summed E-state index contributed by atoms with van der Waals surface area (Å²) in [6.07, 6.45) is 4.42. The fourth-order valence-electron chi connectivity index (χ4n) is 2.19. The average Bonchev–Trinajstić information content (AvgIpc) is 2.34. The molecule has 1 saturated carbocycles. The van der Waals surface area contributed by atoms with E-state index in [2.05, 4.69) is 4.72 Å². The third-order valence-corrected chi connectivity index (χ3v) is 5.87. The zero-order chi connectivity index (χ0) is 14.8. The largest absolute Gasteiger partial charge is 0.392 e. The van der Waals surface area contributed by atoms with Gasteiger partial charge in [0.15, 0.2) is 0 Å². The Labute approximate surface area is 129 Å². The first-order valence-electron chi connectivity index (χ1n) is 6.52. The Balaban J connectivity index is 2.13. The number of halogens is 2. The predicted molar refractivity (Wildman–Crippen MR) is 79.5 cm³/mol. The van der Waals surface area contributed by atoms with E-state index in [1.165, 1.54) is 31.4 Å². The monoisotopic (exact) mass is 337 g/mol. The van der Waals surface area contributed by atoms with Crippen molar-refractivity contribution < 1.29 is 13.5 Å². The van der Waals surface area contributed by atoms with Gasteiger partial charge in [-0.25, -0.2) is 13.1 Å². The van der Waals surface area contributed by atoms with Gasteiger partial charge < -0.3 is 5.11 Å². The van der Waals surface area contributed by atoms with Crippen LogP contribution in [-0.2, 0) is 16.6 Å². The Morgan fingerprint density at radius 2 is 2.00 bits per heavy atom. The van der Waals surface area contributed by atoms with E-state index in [0.717, 1.165) is 6.42 Å². The van der Waals surface area contributed by atoms with Crippen molar-refractivity contribution in [2.75, 3.05) is 6.54 Å². The van der Waals surface area contributed by atoms with E-state index >= 15 is 0 Å². The van der Waals surface area contributed by atoms with E-state index in [4.69, 9.17) is 28.3 Å². The van der Waals surface area contributed by atoms with Gasteiger partial charge in [-0.05, 0) is 30.0 Å². The number of aliphatic hydroxyl groups is 1. The highest BCUT2D eigenvalue weighted by Crippen LogP contribution is 2.31. The van der Waals surface area contributed by atoms with Crippen molar-refractivity contribution >= 4 is 33.2 Å². The molecule has 0 spiro atoms. The highest BCUT2D eigenvalue weighted by Gasteiger charge is 2.22. The number of hydrogen-bond donors (Lipinski definition) is 2. The number of benzene rings is 1. The van der Waals surface area contributed by atoms with Crippen LogP contribution in [0.1, 0.15) is 31.2 Å². The molecule has 0 unspecified atom stereocenters. The standard InChI is InChI=1S/C13H17Cl2NO3S/c14-11-6-10(8-17)13(15)12(7-11)20(18,19)16-5-4-9-2-1-3-9/h6-7,9,16-17H,1-5,8H2. The fraction of sp³-hybridized carbons (Fsp3) is 0.538. The predicted octanol–water partition coefficient (Wildman–Crippen LogP) is 2.95. The molecular formula is C13H17Cl2NO3S. The van der Waals surface area contributed by atoms with Gasteiger partial charge in [-0.15, -0.1) is 0 Å². The Hall–Kier alpha value is -0.330. The summed E-state index contributed by atoms with van der Waals surface area (Å²) in [4.78, 5) is -0.0793. The highest BCUT2D eigenvalue weighted by molar-refractivity contribution is 7.89. The molecular weight excluding hydrogens is 321 g/mol. The molecule has 1 aliphatic rings. The maximum absolute atomic E-state index is 12.2. The van der Waals surface area contributed by atoms with Crippen LogP contribution in [0.4, 0.5) is 0 Å². The molecule has 1 fully saturated rings. The summed E-state index contributed by atoms with van der Waals surface area (Å²) in [6.45, 7) is 0.0360. The molecule has 0 aromatic heterocycles. The van der Waals surface area contributed by atoms with Crippen LogP contribution in [0.3, 0.4) is 0 Å². The van der Waals surface area contributed by atoms with Gasteiger partial charge in [-0.3, -0.25) is 0 Å². The van der Waals surface area contributed by atoms with E-state index in [1.54, 1.807) is 0 Å². The second kappa shape index (κ2) is 6.62. The molecule has 0 amide bonds. The third kappa shape index (κ3) is 3.65. The molecule has 2 N–H and O–H groups in total. The fourth-order valence-corrected chi connectivity index (χ4v) is 4.16. The summed E-state index contributed by atoms with van der Waals surface area (Å²) >= 11 is 11.9. The molecule has 0 atom stereocenters. The van der Waals surface area contributed by atoms with Gasteiger partial charge in [-0.1, -0.05) is 42.5 Å². The van der Waals surface area contributed by atoms with Crippen LogP contribution < -0.4 is 4.72 Å². The molecule has 0 aliphatic heterocycles. The molecule has 112 valence electrons. The van der Waals surface area contributed by atoms with Crippen molar-refractivity contribution in [3.05, 3.63) is 27.7 Å². The molecule has 20 heavy (non-hydrogen) atoms. The summed E-state index contributed by atoms with van der Waals surface area (Å²) < 4.78 is 27.0. The van der Waals surface area contributed by atoms with Crippen molar-refractivity contribution in [1.29, 1.82) is 0 Å². The summed E-state index contributed by atoms with van der Waals surface area (Å²) in [5, 5.41) is 9.42. The minimum Gasteiger partial charge on any atom is -0.392 e. The van der Waals surface area contributed by atoms with Crippen LogP contribution >= 0.6 is 23.2 Å². The number of rotatable bonds is 6. The van der Waals surface area contributed by atoms with Crippen LogP contribution in [0.15, 0.2) is 17.0 Å². The van der Waals surface area contributed by atoms with Gasteiger partial charge in [0.1, 0.15) is 4.90 Å². The lowest BCUT2D eigenvalue weighted by atomic mass is 9.83. The highest BCUT2D eigenvalue weighted by atomic mass is 35.5. The Morgan fingerprint density at radius 1 is 1.30 bits per heavy atom. The van der Waals surface area contributed by atoms with Crippen LogP contribution in [0, 0.1) is 5.92 Å². The van der Waals surface area contributed by atoms with E-state index < -0.39 is 10.0 Å². The minimum absolute atomic E-state index is 0.0213. The molecule has 7 heteroatoms. The zero-order valence-electron chi connectivity index (χ0n) is 10.9. The first-order chi connectivity index (χ1) is 9.44. The minimum atomic E-state index is -3.70. The van der Waals surface area contributed by atoms with Gasteiger partial charge in [0, 0.05) is 11.6 Å². The number of aliphatic hydroxyl groups excluding tert-OH is 1. The van der Waals surface area contributed by atoms with Crippen LogP contribution in [0.2, 0.25) is 10.0 Å². The van der Waals surface area contributed by atoms with Crippen molar-refractivity contribution in [2.24, 2.45) is 5.92 Å². The second-order valence-electron chi connectivity index (χ2n) is 5.02. The molecule has 0 saturated heterocycles. The van der Waals surface area contributed by atoms with E-state index in [1.807, 2.05) is 0 Å². The zero-order valence-corrected chi connectivity index (χ0v) is 13.2. The summed E-state index contributed by atoms with van der Waals surface area (Å²) in [6, 6.07) is 2.76. The van der Waals surface area contributed by atoms with E-state index in [9.17, 15) is 8.42 Å². The summed E-state index contributed by atoms with van der Waals surface area (Å²) in [5.41, 5.74) is 0.304. The summed E-state index contributed by atoms with van der Waals surface area (Å²) in [5.74, 6) is 0.625. The molecule has 4 nitrogen and oxygen atoms in total. The Kier molecular flexibility index (Phi) is 5.31. The van der Waals surface area contributed by atoms with Crippen molar-refractivity contribution in [3.63, 3.8) is 0 Å². The lowest BCUT2D eigenvalue weighted by Crippen LogP contribution is -2.28. The molecule has 1 aromatic carbocycles. The number of nitrogens with one attached hydrogen (secondary N) is 1. The molecule has 0 bridgehead atoms. The summed E-state index contributed by atoms with van der Waals surface area (Å²) in [7, 11) is -3.70. The number of hydrogen-bond acceptors (Lipinski definition) is 3. The lowest BCUT2D eigenvalue weighted by molar-refractivity contribution is 0.281. The van der Waals surface area contributed by atoms with Crippen molar-refractivity contribution in [1.82, 2.24) is 4.72 Å². The van der Waals surface area contributed by atoms with Gasteiger partial charge in [0.2, 0.25) is 10.0 Å². The molecule has 1 aromatic rings. The third-order valence-electron chi connectivity index (χ3n) is 3.61. The number of sulfonamides is 1. The normalized spacial score (nSPS) is 16.1. The van der Waals surface area contributed by atoms with Crippen LogP contribution in [-0.4, -0.2) is 20.1 Å². The Bertz CT molecular complexity index is 586. The van der Waals surface area contributed by atoms with Crippen LogP contribution in [0.5, 0.6) is 0 Å². The van der Waals surface area contributed by atoms with Gasteiger partial charge in [0.05, 0.1) is 11.6 Å². The van der Waals surface area contributed by atoms with Crippen LogP contribution in [0.25, 0.3) is 0 Å². The quantitative estimate of drug-likeness (QED) is 0.838. The first-order valence-corrected chi connectivity index (χ1v) is 8.76. The molecule has 0 radical (unpaired) electrons. The van der Waals surface area contributed by atoms with Crippen molar-refractivity contribution in [3.8, 4) is 0 Å². The Morgan fingerprint density at radius 3 is 2.55 bits per heavy atom. The smallest absolute Gasteiger partial charge is 0.242 e. The lowest BCUT2D eigenvalue weighted by Gasteiger charge is -2.25. The second-order valence-corrected chi connectivity index (χ2v) is 7.57. The van der Waals surface area contributed by atoms with E-state index in [0.29, 0.717) is 18.0 Å². The molecule has 2 rings (SSSR count). The molecule has 1 aliphatic carbocycles. The SMILES string of the molecule is O=S(=O)(NCCC1CCC1)c1cc(Cl)cc(CO)c1Cl. The topological polar surface area (TPSA) is 66.4 Å². The van der Waals surface area contributed by atoms with Crippen molar-refractivity contribution in [2.45, 2.75) is 37.2 Å². The maximum atomic E-state index is 12.2. The average molecular weight is 338 g/mol. The maximum Gasteiger partial charge on any atom is 0.242 e. The van der Waals surface area contributed by atoms with Gasteiger partial charge in [-0.2, -0.15) is 0 Å². The van der Waals surface area contributed by atoms with Gasteiger partial charge in [0.25, 0.3) is 0 Å².